The van der Waals surface area contributed by atoms with Crippen LogP contribution in [-0.2, 0) is 11.2 Å². The van der Waals surface area contributed by atoms with Gasteiger partial charge in [0.2, 0.25) is 5.91 Å². The summed E-state index contributed by atoms with van der Waals surface area (Å²) >= 11 is 0. The maximum absolute atomic E-state index is 13.2. The van der Waals surface area contributed by atoms with Crippen LogP contribution in [-0.4, -0.2) is 69.1 Å². The molecule has 7 nitrogen and oxygen atoms in total. The summed E-state index contributed by atoms with van der Waals surface area (Å²) < 4.78 is 14.8. The van der Waals surface area contributed by atoms with E-state index in [2.05, 4.69) is 34.5 Å². The van der Waals surface area contributed by atoms with Gasteiger partial charge in [0.05, 0.1) is 0 Å². The van der Waals surface area contributed by atoms with Crippen molar-refractivity contribution in [1.29, 1.82) is 0 Å². The molecule has 0 N–H and O–H groups in total. The summed E-state index contributed by atoms with van der Waals surface area (Å²) in [4.78, 5) is 17.3. The zero-order valence-electron chi connectivity index (χ0n) is 15.5. The minimum atomic E-state index is -0.522. The highest BCUT2D eigenvalue weighted by atomic mass is 19.1. The maximum atomic E-state index is 13.2. The quantitative estimate of drug-likeness (QED) is 0.808. The van der Waals surface area contributed by atoms with Gasteiger partial charge in [0.1, 0.15) is 17.7 Å². The Morgan fingerprint density at radius 3 is 2.46 bits per heavy atom. The fourth-order valence-corrected chi connectivity index (χ4v) is 3.46. The number of rotatable bonds is 5. The second kappa shape index (κ2) is 7.90. The third-order valence-electron chi connectivity index (χ3n) is 5.09. The van der Waals surface area contributed by atoms with Crippen molar-refractivity contribution in [2.45, 2.75) is 38.3 Å². The Hall–Kier alpha value is -2.35. The highest BCUT2D eigenvalue weighted by Crippen LogP contribution is 2.22. The van der Waals surface area contributed by atoms with Crippen LogP contribution in [0.5, 0.6) is 0 Å². The Kier molecular flexibility index (Phi) is 5.61. The molecule has 1 amide bonds. The van der Waals surface area contributed by atoms with Crippen molar-refractivity contribution in [3.8, 4) is 0 Å². The number of tetrazole rings is 1. The van der Waals surface area contributed by atoms with Crippen molar-refractivity contribution in [3.63, 3.8) is 0 Å². The van der Waals surface area contributed by atoms with E-state index in [0.717, 1.165) is 31.5 Å². The van der Waals surface area contributed by atoms with E-state index in [4.69, 9.17) is 0 Å². The summed E-state index contributed by atoms with van der Waals surface area (Å²) in [6.07, 6.45) is 2.34. The van der Waals surface area contributed by atoms with Gasteiger partial charge in [-0.3, -0.25) is 4.79 Å². The van der Waals surface area contributed by atoms with Crippen molar-refractivity contribution in [1.82, 2.24) is 30.0 Å². The molecule has 1 saturated heterocycles. The van der Waals surface area contributed by atoms with E-state index in [1.54, 1.807) is 23.7 Å². The van der Waals surface area contributed by atoms with Gasteiger partial charge in [-0.05, 0) is 62.0 Å². The molecule has 1 atom stereocenters. The molecule has 1 aromatic heterocycles. The first-order valence-corrected chi connectivity index (χ1v) is 8.90. The van der Waals surface area contributed by atoms with Crippen molar-refractivity contribution >= 4 is 5.91 Å². The second-order valence-corrected chi connectivity index (χ2v) is 7.04. The summed E-state index contributed by atoms with van der Waals surface area (Å²) in [5.74, 6) is 0.316. The number of aryl methyl sites for hydroxylation is 1. The maximum Gasteiger partial charge on any atom is 0.247 e. The lowest BCUT2D eigenvalue weighted by Gasteiger charge is -2.36. The van der Waals surface area contributed by atoms with Crippen LogP contribution in [0.2, 0.25) is 0 Å². The molecule has 140 valence electrons. The smallest absolute Gasteiger partial charge is 0.247 e. The molecule has 1 aliphatic rings. The van der Waals surface area contributed by atoms with Gasteiger partial charge in [0, 0.05) is 25.6 Å². The third-order valence-corrected chi connectivity index (χ3v) is 5.09. The Labute approximate surface area is 152 Å². The van der Waals surface area contributed by atoms with Gasteiger partial charge < -0.3 is 9.80 Å². The number of halogens is 1. The average Bonchev–Trinajstić information content (AvgIpc) is 3.06. The van der Waals surface area contributed by atoms with Crippen LogP contribution in [0.1, 0.15) is 30.3 Å². The van der Waals surface area contributed by atoms with Crippen LogP contribution in [0.25, 0.3) is 0 Å². The molecule has 0 radical (unpaired) electrons. The largest absolute Gasteiger partial charge is 0.341 e. The lowest BCUT2D eigenvalue weighted by atomic mass is 10.0. The molecule has 0 aliphatic carbocycles. The van der Waals surface area contributed by atoms with Crippen LogP contribution in [0.3, 0.4) is 0 Å². The van der Waals surface area contributed by atoms with Gasteiger partial charge in [0.25, 0.3) is 0 Å². The van der Waals surface area contributed by atoms with Crippen LogP contribution < -0.4 is 0 Å². The number of carbonyl (C=O) groups is 1. The summed E-state index contributed by atoms with van der Waals surface area (Å²) in [5, 5.41) is 11.6. The molecular formula is C18H25FN6O. The molecule has 1 aromatic carbocycles. The number of amides is 1. The van der Waals surface area contributed by atoms with E-state index in [0.29, 0.717) is 18.3 Å². The number of benzene rings is 1. The monoisotopic (exact) mass is 360 g/mol. The van der Waals surface area contributed by atoms with Crippen LogP contribution in [0, 0.1) is 12.7 Å². The van der Waals surface area contributed by atoms with E-state index in [-0.39, 0.29) is 11.7 Å². The molecular weight excluding hydrogens is 335 g/mol. The Morgan fingerprint density at radius 2 is 1.92 bits per heavy atom. The number of carbonyl (C=O) groups excluding carboxylic acids is 1. The molecule has 1 aliphatic heterocycles. The van der Waals surface area contributed by atoms with E-state index < -0.39 is 6.04 Å². The van der Waals surface area contributed by atoms with Crippen LogP contribution in [0.4, 0.5) is 4.39 Å². The second-order valence-electron chi connectivity index (χ2n) is 7.04. The number of nitrogens with zero attached hydrogens (tertiary/aromatic N) is 6. The molecule has 2 heterocycles. The lowest BCUT2D eigenvalue weighted by molar-refractivity contribution is -0.136. The van der Waals surface area contributed by atoms with Gasteiger partial charge in [-0.2, -0.15) is 0 Å². The van der Waals surface area contributed by atoms with E-state index in [1.807, 2.05) is 4.90 Å². The number of piperidine rings is 1. The summed E-state index contributed by atoms with van der Waals surface area (Å²) in [6, 6.07) is 6.20. The fourth-order valence-electron chi connectivity index (χ4n) is 3.46. The average molecular weight is 360 g/mol. The van der Waals surface area contributed by atoms with Crippen molar-refractivity contribution in [2.75, 3.05) is 27.2 Å². The van der Waals surface area contributed by atoms with Crippen molar-refractivity contribution in [2.24, 2.45) is 0 Å². The third kappa shape index (κ3) is 4.07. The predicted octanol–water partition coefficient (Wildman–Crippen LogP) is 1.46. The van der Waals surface area contributed by atoms with Crippen molar-refractivity contribution < 1.29 is 9.18 Å². The minimum Gasteiger partial charge on any atom is -0.341 e. The number of hydrogen-bond acceptors (Lipinski definition) is 5. The molecule has 0 bridgehead atoms. The zero-order valence-corrected chi connectivity index (χ0v) is 15.5. The first-order chi connectivity index (χ1) is 12.5. The Balaban J connectivity index is 1.78. The normalized spacial score (nSPS) is 16.9. The van der Waals surface area contributed by atoms with Crippen molar-refractivity contribution in [3.05, 3.63) is 41.5 Å². The number of aromatic nitrogens is 4. The zero-order chi connectivity index (χ0) is 18.7. The van der Waals surface area contributed by atoms with Gasteiger partial charge in [-0.1, -0.05) is 12.1 Å². The first-order valence-electron chi connectivity index (χ1n) is 8.90. The predicted molar refractivity (Wildman–Crippen MR) is 95.0 cm³/mol. The van der Waals surface area contributed by atoms with Gasteiger partial charge in [-0.25, -0.2) is 9.07 Å². The SMILES string of the molecule is Cc1nnnn1[C@H](Cc1ccc(F)cc1)C(=O)N1CCC(N(C)C)CC1. The highest BCUT2D eigenvalue weighted by molar-refractivity contribution is 5.80. The van der Waals surface area contributed by atoms with Crippen LogP contribution in [0.15, 0.2) is 24.3 Å². The Morgan fingerprint density at radius 1 is 1.27 bits per heavy atom. The van der Waals surface area contributed by atoms with Gasteiger partial charge >= 0.3 is 0 Å². The topological polar surface area (TPSA) is 67.2 Å². The van der Waals surface area contributed by atoms with Gasteiger partial charge in [-0.15, -0.1) is 5.10 Å². The molecule has 2 aromatic rings. The molecule has 3 rings (SSSR count). The molecule has 0 saturated carbocycles. The Bertz CT molecular complexity index is 736. The lowest BCUT2D eigenvalue weighted by Crippen LogP contribution is -2.47. The molecule has 8 heteroatoms. The highest BCUT2D eigenvalue weighted by Gasteiger charge is 2.31. The standard InChI is InChI=1S/C18H25FN6O/c1-13-20-21-22-25(13)17(12-14-4-6-15(19)7-5-14)18(26)24-10-8-16(9-11-24)23(2)3/h4-7,16-17H,8-12H2,1-3H3/t17-/m1/s1. The first kappa shape index (κ1) is 18.4. The number of hydrogen-bond donors (Lipinski definition) is 0. The fraction of sp³-hybridized carbons (Fsp3) is 0.556. The minimum absolute atomic E-state index is 0.0157. The molecule has 0 spiro atoms. The number of likely N-dealkylation sites (tertiary alicyclic amines) is 1. The summed E-state index contributed by atoms with van der Waals surface area (Å²) in [7, 11) is 4.15. The molecule has 26 heavy (non-hydrogen) atoms. The van der Waals surface area contributed by atoms with E-state index in [9.17, 15) is 9.18 Å². The summed E-state index contributed by atoms with van der Waals surface area (Å²) in [6.45, 7) is 3.23. The molecule has 1 fully saturated rings. The van der Waals surface area contributed by atoms with Gasteiger partial charge in [0.15, 0.2) is 0 Å². The van der Waals surface area contributed by atoms with Crippen LogP contribution >= 0.6 is 0 Å². The van der Waals surface area contributed by atoms with E-state index >= 15 is 0 Å². The summed E-state index contributed by atoms with van der Waals surface area (Å²) in [5.41, 5.74) is 0.878. The van der Waals surface area contributed by atoms with E-state index in [1.165, 1.54) is 12.1 Å². The molecule has 0 unspecified atom stereocenters.